The van der Waals surface area contributed by atoms with Crippen LogP contribution in [0.4, 0.5) is 11.4 Å². The van der Waals surface area contributed by atoms with Crippen LogP contribution in [0.1, 0.15) is 16.8 Å². The second-order valence-corrected chi connectivity index (χ2v) is 7.70. The van der Waals surface area contributed by atoms with Crippen molar-refractivity contribution in [3.05, 3.63) is 69.2 Å². The Bertz CT molecular complexity index is 879. The van der Waals surface area contributed by atoms with E-state index >= 15 is 0 Å². The first kappa shape index (κ1) is 23.5. The third-order valence-corrected chi connectivity index (χ3v) is 5.16. The summed E-state index contributed by atoms with van der Waals surface area (Å²) in [6.07, 6.45) is 2.41. The van der Waals surface area contributed by atoms with Gasteiger partial charge in [0.2, 0.25) is 5.91 Å². The average Bonchev–Trinajstić information content (AvgIpc) is 2.74. The number of nitro benzene ring substituents is 1. The SMILES string of the molecule is CSCCC(NC(=O)c1ccccc1Cl)C(=O)NCCNc1ccc([N+](=O)[O-])cc1. The third kappa shape index (κ3) is 7.23. The highest BCUT2D eigenvalue weighted by atomic mass is 35.5. The van der Waals surface area contributed by atoms with E-state index in [4.69, 9.17) is 11.6 Å². The van der Waals surface area contributed by atoms with Crippen LogP contribution in [0.3, 0.4) is 0 Å². The van der Waals surface area contributed by atoms with Crippen molar-refractivity contribution in [2.45, 2.75) is 12.5 Å². The second kappa shape index (κ2) is 12.0. The van der Waals surface area contributed by atoms with Gasteiger partial charge in [0.15, 0.2) is 0 Å². The molecule has 0 fully saturated rings. The summed E-state index contributed by atoms with van der Waals surface area (Å²) < 4.78 is 0. The molecule has 0 saturated heterocycles. The summed E-state index contributed by atoms with van der Waals surface area (Å²) in [5, 5.41) is 19.6. The van der Waals surface area contributed by atoms with Gasteiger partial charge in [0, 0.05) is 30.9 Å². The van der Waals surface area contributed by atoms with Crippen molar-refractivity contribution >= 4 is 46.6 Å². The Hall–Kier alpha value is -2.78. The second-order valence-electron chi connectivity index (χ2n) is 6.31. The summed E-state index contributed by atoms with van der Waals surface area (Å²) in [5.41, 5.74) is 1.04. The molecule has 0 aliphatic heterocycles. The summed E-state index contributed by atoms with van der Waals surface area (Å²) in [6, 6.07) is 12.0. The maximum atomic E-state index is 12.6. The van der Waals surface area contributed by atoms with Crippen molar-refractivity contribution in [1.82, 2.24) is 10.6 Å². The van der Waals surface area contributed by atoms with Gasteiger partial charge in [0.05, 0.1) is 15.5 Å². The number of non-ortho nitro benzene ring substituents is 1. The van der Waals surface area contributed by atoms with E-state index in [0.29, 0.717) is 41.5 Å². The topological polar surface area (TPSA) is 113 Å². The summed E-state index contributed by atoms with van der Waals surface area (Å²) in [6.45, 7) is 0.755. The molecule has 2 aromatic carbocycles. The van der Waals surface area contributed by atoms with Gasteiger partial charge in [0.1, 0.15) is 6.04 Å². The molecule has 160 valence electrons. The molecule has 10 heteroatoms. The lowest BCUT2D eigenvalue weighted by Crippen LogP contribution is -2.48. The molecule has 2 amide bonds. The molecule has 0 heterocycles. The van der Waals surface area contributed by atoms with Crippen LogP contribution in [0.25, 0.3) is 0 Å². The van der Waals surface area contributed by atoms with Gasteiger partial charge in [0.25, 0.3) is 11.6 Å². The molecule has 0 aliphatic carbocycles. The van der Waals surface area contributed by atoms with Crippen LogP contribution in [-0.4, -0.2) is 47.9 Å². The van der Waals surface area contributed by atoms with Gasteiger partial charge >= 0.3 is 0 Å². The first-order valence-corrected chi connectivity index (χ1v) is 11.0. The third-order valence-electron chi connectivity index (χ3n) is 4.18. The van der Waals surface area contributed by atoms with E-state index in [9.17, 15) is 19.7 Å². The van der Waals surface area contributed by atoms with Gasteiger partial charge in [-0.3, -0.25) is 19.7 Å². The van der Waals surface area contributed by atoms with Crippen LogP contribution in [-0.2, 0) is 4.79 Å². The largest absolute Gasteiger partial charge is 0.383 e. The first-order chi connectivity index (χ1) is 14.4. The van der Waals surface area contributed by atoms with Crippen molar-refractivity contribution in [1.29, 1.82) is 0 Å². The Morgan fingerprint density at radius 2 is 1.83 bits per heavy atom. The van der Waals surface area contributed by atoms with Crippen LogP contribution in [0.5, 0.6) is 0 Å². The van der Waals surface area contributed by atoms with E-state index in [-0.39, 0.29) is 11.6 Å². The molecule has 2 rings (SSSR count). The smallest absolute Gasteiger partial charge is 0.269 e. The monoisotopic (exact) mass is 450 g/mol. The Labute approximate surface area is 183 Å². The van der Waals surface area contributed by atoms with Crippen LogP contribution in [0.15, 0.2) is 48.5 Å². The van der Waals surface area contributed by atoms with Crippen LogP contribution in [0, 0.1) is 10.1 Å². The number of halogens is 1. The Kier molecular flexibility index (Phi) is 9.43. The lowest BCUT2D eigenvalue weighted by molar-refractivity contribution is -0.384. The molecule has 0 radical (unpaired) electrons. The summed E-state index contributed by atoms with van der Waals surface area (Å²) in [5.74, 6) is 0.0304. The minimum absolute atomic E-state index is 0.0137. The molecular weight excluding hydrogens is 428 g/mol. The van der Waals surface area contributed by atoms with E-state index in [2.05, 4.69) is 16.0 Å². The number of nitrogens with zero attached hydrogens (tertiary/aromatic N) is 1. The molecule has 0 saturated carbocycles. The lowest BCUT2D eigenvalue weighted by atomic mass is 10.1. The van der Waals surface area contributed by atoms with E-state index < -0.39 is 16.9 Å². The van der Waals surface area contributed by atoms with Gasteiger partial charge < -0.3 is 16.0 Å². The molecule has 0 spiro atoms. The van der Waals surface area contributed by atoms with E-state index in [0.717, 1.165) is 0 Å². The van der Waals surface area contributed by atoms with Gasteiger partial charge in [-0.2, -0.15) is 11.8 Å². The van der Waals surface area contributed by atoms with Crippen molar-refractivity contribution in [2.24, 2.45) is 0 Å². The molecule has 3 N–H and O–H groups in total. The van der Waals surface area contributed by atoms with E-state index in [1.165, 1.54) is 12.1 Å². The quantitative estimate of drug-likeness (QED) is 0.275. The maximum Gasteiger partial charge on any atom is 0.269 e. The lowest BCUT2D eigenvalue weighted by Gasteiger charge is -2.19. The van der Waals surface area contributed by atoms with Crippen LogP contribution >= 0.6 is 23.4 Å². The van der Waals surface area contributed by atoms with Crippen molar-refractivity contribution in [3.63, 3.8) is 0 Å². The van der Waals surface area contributed by atoms with Crippen molar-refractivity contribution in [2.75, 3.05) is 30.4 Å². The predicted octanol–water partition coefficient (Wildman–Crippen LogP) is 3.33. The number of nitro groups is 1. The van der Waals surface area contributed by atoms with Gasteiger partial charge in [-0.1, -0.05) is 23.7 Å². The zero-order valence-corrected chi connectivity index (χ0v) is 18.0. The number of benzene rings is 2. The minimum atomic E-state index is -0.680. The molecule has 1 unspecified atom stereocenters. The number of hydrogen-bond acceptors (Lipinski definition) is 6. The highest BCUT2D eigenvalue weighted by Crippen LogP contribution is 2.16. The van der Waals surface area contributed by atoms with Crippen LogP contribution in [0.2, 0.25) is 5.02 Å². The molecule has 0 aliphatic rings. The molecule has 1 atom stereocenters. The molecule has 2 aromatic rings. The number of nitrogens with one attached hydrogen (secondary N) is 3. The molecule has 30 heavy (non-hydrogen) atoms. The highest BCUT2D eigenvalue weighted by Gasteiger charge is 2.21. The average molecular weight is 451 g/mol. The number of carbonyl (C=O) groups is 2. The summed E-state index contributed by atoms with van der Waals surface area (Å²) >= 11 is 7.65. The normalized spacial score (nSPS) is 11.4. The fraction of sp³-hybridized carbons (Fsp3) is 0.300. The van der Waals surface area contributed by atoms with Gasteiger partial charge in [-0.25, -0.2) is 0 Å². The maximum absolute atomic E-state index is 12.6. The van der Waals surface area contributed by atoms with Crippen LogP contribution < -0.4 is 16.0 Å². The minimum Gasteiger partial charge on any atom is -0.383 e. The number of anilines is 1. The van der Waals surface area contributed by atoms with Crippen molar-refractivity contribution < 1.29 is 14.5 Å². The Morgan fingerprint density at radius 3 is 2.47 bits per heavy atom. The first-order valence-electron chi connectivity index (χ1n) is 9.22. The van der Waals surface area contributed by atoms with Gasteiger partial charge in [-0.05, 0) is 42.7 Å². The summed E-state index contributed by atoms with van der Waals surface area (Å²) in [7, 11) is 0. The summed E-state index contributed by atoms with van der Waals surface area (Å²) in [4.78, 5) is 35.3. The number of carbonyl (C=O) groups excluding carboxylic acids is 2. The molecule has 0 bridgehead atoms. The molecule has 8 nitrogen and oxygen atoms in total. The number of hydrogen-bond donors (Lipinski definition) is 3. The fourth-order valence-corrected chi connectivity index (χ4v) is 3.30. The van der Waals surface area contributed by atoms with E-state index in [1.807, 2.05) is 6.26 Å². The highest BCUT2D eigenvalue weighted by molar-refractivity contribution is 7.98. The Balaban J connectivity index is 1.86. The number of thioether (sulfide) groups is 1. The standard InChI is InChI=1S/C20H23ClN4O4S/c1-30-13-10-18(24-19(26)16-4-2-3-5-17(16)21)20(27)23-12-11-22-14-6-8-15(9-7-14)25(28)29/h2-9,18,22H,10-13H2,1H3,(H,23,27)(H,24,26). The van der Waals surface area contributed by atoms with E-state index in [1.54, 1.807) is 48.2 Å². The molecular formula is C20H23ClN4O4S. The predicted molar refractivity (Wildman–Crippen MR) is 120 cm³/mol. The Morgan fingerprint density at radius 1 is 1.13 bits per heavy atom. The zero-order chi connectivity index (χ0) is 21.9. The molecule has 0 aromatic heterocycles. The fourth-order valence-electron chi connectivity index (χ4n) is 2.60. The van der Waals surface area contributed by atoms with Crippen molar-refractivity contribution in [3.8, 4) is 0 Å². The number of rotatable bonds is 11. The van der Waals surface area contributed by atoms with Gasteiger partial charge in [-0.15, -0.1) is 0 Å². The number of amides is 2. The zero-order valence-electron chi connectivity index (χ0n) is 16.4.